The number of ketones is 1. The molecule has 0 aliphatic rings. The number of carbonyl (C=O) groups is 2. The van der Waals surface area contributed by atoms with Crippen molar-refractivity contribution < 1.29 is 19.1 Å². The molecule has 0 aromatic heterocycles. The van der Waals surface area contributed by atoms with Crippen molar-refractivity contribution in [1.29, 1.82) is 0 Å². The van der Waals surface area contributed by atoms with Gasteiger partial charge in [0.15, 0.2) is 5.78 Å². The van der Waals surface area contributed by atoms with E-state index < -0.39 is 17.6 Å². The van der Waals surface area contributed by atoms with Crippen LogP contribution in [0.1, 0.15) is 26.3 Å². The Labute approximate surface area is 118 Å². The highest BCUT2D eigenvalue weighted by atomic mass is 35.5. The molecule has 2 aromatic carbocycles. The van der Waals surface area contributed by atoms with E-state index in [0.29, 0.717) is 0 Å². The Morgan fingerprint density at radius 2 is 1.80 bits per heavy atom. The third-order valence-corrected chi connectivity index (χ3v) is 3.15. The lowest BCUT2D eigenvalue weighted by molar-refractivity contribution is 0.0696. The number of nitrogen functional groups attached to an aromatic ring is 1. The van der Waals surface area contributed by atoms with Gasteiger partial charge in [-0.3, -0.25) is 4.79 Å². The highest BCUT2D eigenvalue weighted by Crippen LogP contribution is 2.29. The average Bonchev–Trinajstić information content (AvgIpc) is 2.40. The Balaban J connectivity index is 2.51. The number of nitrogens with two attached hydrogens (primary N) is 1. The van der Waals surface area contributed by atoms with Gasteiger partial charge in [-0.2, -0.15) is 0 Å². The van der Waals surface area contributed by atoms with Crippen LogP contribution in [0.4, 0.5) is 10.1 Å². The minimum absolute atomic E-state index is 0.0330. The van der Waals surface area contributed by atoms with E-state index in [1.54, 1.807) is 0 Å². The van der Waals surface area contributed by atoms with E-state index in [1.807, 2.05) is 0 Å². The van der Waals surface area contributed by atoms with Gasteiger partial charge in [-0.1, -0.05) is 23.7 Å². The molecule has 0 heterocycles. The van der Waals surface area contributed by atoms with Gasteiger partial charge in [-0.05, 0) is 24.3 Å². The summed E-state index contributed by atoms with van der Waals surface area (Å²) in [4.78, 5) is 23.1. The highest BCUT2D eigenvalue weighted by molar-refractivity contribution is 6.37. The smallest absolute Gasteiger partial charge is 0.337 e. The lowest BCUT2D eigenvalue weighted by atomic mass is 10.00. The molecule has 102 valence electrons. The monoisotopic (exact) mass is 293 g/mol. The van der Waals surface area contributed by atoms with Crippen LogP contribution in [-0.2, 0) is 0 Å². The number of rotatable bonds is 3. The number of hydrogen-bond acceptors (Lipinski definition) is 3. The fourth-order valence-corrected chi connectivity index (χ4v) is 1.99. The summed E-state index contributed by atoms with van der Waals surface area (Å²) in [6, 6.07) is 7.56. The molecule has 20 heavy (non-hydrogen) atoms. The summed E-state index contributed by atoms with van der Waals surface area (Å²) < 4.78 is 13.1. The second kappa shape index (κ2) is 5.30. The van der Waals surface area contributed by atoms with Crippen molar-refractivity contribution in [1.82, 2.24) is 0 Å². The first-order chi connectivity index (χ1) is 9.41. The van der Waals surface area contributed by atoms with Gasteiger partial charge < -0.3 is 10.8 Å². The number of carbonyl (C=O) groups excluding carboxylic acids is 1. The summed E-state index contributed by atoms with van der Waals surface area (Å²) in [5.41, 5.74) is 5.50. The summed E-state index contributed by atoms with van der Waals surface area (Å²) >= 11 is 5.82. The van der Waals surface area contributed by atoms with Crippen molar-refractivity contribution >= 4 is 29.0 Å². The maximum absolute atomic E-state index is 13.1. The van der Waals surface area contributed by atoms with Crippen molar-refractivity contribution in [3.8, 4) is 0 Å². The zero-order valence-electron chi connectivity index (χ0n) is 10.1. The Morgan fingerprint density at radius 3 is 2.40 bits per heavy atom. The van der Waals surface area contributed by atoms with Crippen LogP contribution < -0.4 is 5.73 Å². The minimum atomic E-state index is -1.24. The number of benzene rings is 2. The van der Waals surface area contributed by atoms with E-state index in [-0.39, 0.29) is 27.4 Å². The molecular weight excluding hydrogens is 285 g/mol. The number of aromatic carboxylic acids is 1. The first-order valence-electron chi connectivity index (χ1n) is 5.53. The molecule has 3 N–H and O–H groups in total. The molecule has 0 saturated carbocycles. The molecule has 0 fully saturated rings. The molecule has 6 heteroatoms. The van der Waals surface area contributed by atoms with E-state index >= 15 is 0 Å². The van der Waals surface area contributed by atoms with Crippen LogP contribution in [0.3, 0.4) is 0 Å². The number of carboxylic acids is 1. The molecule has 0 bridgehead atoms. The average molecular weight is 294 g/mol. The second-order valence-corrected chi connectivity index (χ2v) is 4.41. The first kappa shape index (κ1) is 14.0. The highest BCUT2D eigenvalue weighted by Gasteiger charge is 2.19. The molecule has 0 unspecified atom stereocenters. The third kappa shape index (κ3) is 2.48. The van der Waals surface area contributed by atoms with Crippen LogP contribution in [0.5, 0.6) is 0 Å². The van der Waals surface area contributed by atoms with Gasteiger partial charge in [-0.25, -0.2) is 9.18 Å². The summed E-state index contributed by atoms with van der Waals surface area (Å²) in [7, 11) is 0. The third-order valence-electron chi connectivity index (χ3n) is 2.74. The zero-order valence-corrected chi connectivity index (χ0v) is 10.8. The van der Waals surface area contributed by atoms with Crippen molar-refractivity contribution in [2.24, 2.45) is 0 Å². The molecule has 4 nitrogen and oxygen atoms in total. The molecule has 2 aromatic rings. The van der Waals surface area contributed by atoms with Gasteiger partial charge in [0.05, 0.1) is 16.3 Å². The van der Waals surface area contributed by atoms with E-state index in [4.69, 9.17) is 22.4 Å². The molecule has 0 amide bonds. The van der Waals surface area contributed by atoms with Crippen LogP contribution in [0.25, 0.3) is 0 Å². The number of anilines is 1. The van der Waals surface area contributed by atoms with Crippen LogP contribution >= 0.6 is 11.6 Å². The summed E-state index contributed by atoms with van der Waals surface area (Å²) in [5.74, 6) is -2.32. The van der Waals surface area contributed by atoms with Crippen LogP contribution in [0.2, 0.25) is 5.02 Å². The van der Waals surface area contributed by atoms with Gasteiger partial charge in [0.25, 0.3) is 0 Å². The maximum atomic E-state index is 13.1. The van der Waals surface area contributed by atoms with Gasteiger partial charge in [0.1, 0.15) is 5.82 Å². The molecule has 2 rings (SSSR count). The van der Waals surface area contributed by atoms with E-state index in [2.05, 4.69) is 0 Å². The Kier molecular flexibility index (Phi) is 3.72. The lowest BCUT2D eigenvalue weighted by Gasteiger charge is -2.09. The fourth-order valence-electron chi connectivity index (χ4n) is 1.74. The van der Waals surface area contributed by atoms with Crippen molar-refractivity contribution in [3.05, 3.63) is 63.9 Å². The number of carboxylic acid groups (broad SMARTS) is 1. The number of halogens is 2. The Hall–Kier alpha value is -2.40. The molecule has 0 aliphatic heterocycles. The van der Waals surface area contributed by atoms with Crippen LogP contribution in [-0.4, -0.2) is 16.9 Å². The fraction of sp³-hybridized carbons (Fsp3) is 0. The normalized spacial score (nSPS) is 10.3. The molecule has 0 spiro atoms. The minimum Gasteiger partial charge on any atom is -0.478 e. The molecule has 0 radical (unpaired) electrons. The lowest BCUT2D eigenvalue weighted by Crippen LogP contribution is -2.09. The summed E-state index contributed by atoms with van der Waals surface area (Å²) in [5, 5.41) is 8.69. The predicted octanol–water partition coefficient (Wildman–Crippen LogP) is 2.99. The van der Waals surface area contributed by atoms with E-state index in [0.717, 1.165) is 6.07 Å². The van der Waals surface area contributed by atoms with Crippen molar-refractivity contribution in [3.63, 3.8) is 0 Å². The number of hydrogen-bond donors (Lipinski definition) is 2. The molecular formula is C14H9ClFNO3. The Morgan fingerprint density at radius 1 is 1.15 bits per heavy atom. The molecule has 0 aliphatic carbocycles. The molecule has 0 atom stereocenters. The second-order valence-electron chi connectivity index (χ2n) is 4.03. The zero-order chi connectivity index (χ0) is 14.9. The maximum Gasteiger partial charge on any atom is 0.337 e. The van der Waals surface area contributed by atoms with Gasteiger partial charge >= 0.3 is 5.97 Å². The summed E-state index contributed by atoms with van der Waals surface area (Å²) in [6.07, 6.45) is 0. The first-order valence-corrected chi connectivity index (χ1v) is 5.91. The van der Waals surface area contributed by atoms with E-state index in [1.165, 1.54) is 30.3 Å². The van der Waals surface area contributed by atoms with Gasteiger partial charge in [-0.15, -0.1) is 0 Å². The van der Waals surface area contributed by atoms with Gasteiger partial charge in [0, 0.05) is 11.1 Å². The van der Waals surface area contributed by atoms with Crippen LogP contribution in [0.15, 0.2) is 36.4 Å². The quantitative estimate of drug-likeness (QED) is 0.673. The molecule has 0 saturated heterocycles. The van der Waals surface area contributed by atoms with Gasteiger partial charge in [0.2, 0.25) is 0 Å². The predicted molar refractivity (Wildman–Crippen MR) is 72.7 cm³/mol. The van der Waals surface area contributed by atoms with Crippen molar-refractivity contribution in [2.75, 3.05) is 5.73 Å². The van der Waals surface area contributed by atoms with Crippen LogP contribution in [0, 0.1) is 5.82 Å². The SMILES string of the molecule is Nc1c(C(=O)c2cccc(F)c2)ccc(C(=O)O)c1Cl. The topological polar surface area (TPSA) is 80.4 Å². The summed E-state index contributed by atoms with van der Waals surface area (Å²) in [6.45, 7) is 0. The largest absolute Gasteiger partial charge is 0.478 e. The van der Waals surface area contributed by atoms with E-state index in [9.17, 15) is 14.0 Å². The van der Waals surface area contributed by atoms with Crippen molar-refractivity contribution in [2.45, 2.75) is 0 Å². The standard InChI is InChI=1S/C14H9ClFNO3/c15-11-9(14(19)20)4-5-10(12(11)17)13(18)7-2-1-3-8(16)6-7/h1-6H,17H2,(H,19,20). The Bertz CT molecular complexity index is 716.